The number of ether oxygens (including phenoxy) is 3. The van der Waals surface area contributed by atoms with Crippen LogP contribution in [0, 0.1) is 0 Å². The van der Waals surface area contributed by atoms with Gasteiger partial charge in [0.25, 0.3) is 11.8 Å². The molecule has 0 aliphatic carbocycles. The van der Waals surface area contributed by atoms with Gasteiger partial charge >= 0.3 is 0 Å². The van der Waals surface area contributed by atoms with Crippen LogP contribution in [0.4, 0.5) is 5.69 Å². The summed E-state index contributed by atoms with van der Waals surface area (Å²) in [6, 6.07) is 17.3. The number of amides is 2. The van der Waals surface area contributed by atoms with Gasteiger partial charge < -0.3 is 24.8 Å². The fourth-order valence-corrected chi connectivity index (χ4v) is 3.28. The number of nitrogens with one attached hydrogen (secondary N) is 2. The number of carbonyl (C=O) groups excluding carboxylic acids is 2. The molecule has 0 radical (unpaired) electrons. The van der Waals surface area contributed by atoms with Crippen LogP contribution in [0.1, 0.15) is 16.2 Å². The molecular formula is C24H23N5O5. The van der Waals surface area contributed by atoms with E-state index in [0.717, 1.165) is 0 Å². The molecule has 0 spiro atoms. The lowest BCUT2D eigenvalue weighted by molar-refractivity contribution is -0.118. The average molecular weight is 461 g/mol. The number of hydrogen-bond donors (Lipinski definition) is 2. The molecule has 34 heavy (non-hydrogen) atoms. The topological polar surface area (TPSA) is 116 Å². The third kappa shape index (κ3) is 5.07. The van der Waals surface area contributed by atoms with E-state index in [0.29, 0.717) is 40.0 Å². The van der Waals surface area contributed by atoms with E-state index in [4.69, 9.17) is 14.2 Å². The Kier molecular flexibility index (Phi) is 6.87. The quantitative estimate of drug-likeness (QED) is 0.394. The molecule has 0 fully saturated rings. The van der Waals surface area contributed by atoms with E-state index in [9.17, 15) is 9.59 Å². The molecule has 10 nitrogen and oxygen atoms in total. The summed E-state index contributed by atoms with van der Waals surface area (Å²) in [4.78, 5) is 25.0. The fraction of sp³-hybridized carbons (Fsp3) is 0.167. The summed E-state index contributed by atoms with van der Waals surface area (Å²) in [6.07, 6.45) is 1.83. The molecule has 4 rings (SSSR count). The minimum absolute atomic E-state index is 0.202. The summed E-state index contributed by atoms with van der Waals surface area (Å²) in [6.45, 7) is -0.0480. The molecule has 0 bridgehead atoms. The standard InChI is InChI=1S/C24H23N5O5/c1-32-18-8-4-3-7-17(18)26-23(30)15-34-19-11-10-16(13-20(19)33-2)24(31)25-14-22-28-27-21-9-5-6-12-29(21)22/h3-13H,14-15H2,1-2H3,(H,25,31)(H,26,30). The number of benzene rings is 2. The molecule has 0 atom stereocenters. The fourth-order valence-electron chi connectivity index (χ4n) is 3.28. The number of carbonyl (C=O) groups is 2. The third-order valence-corrected chi connectivity index (χ3v) is 4.96. The Morgan fingerprint density at radius 1 is 0.912 bits per heavy atom. The Labute approximate surface area is 195 Å². The molecule has 2 N–H and O–H groups in total. The Bertz CT molecular complexity index is 1320. The zero-order chi connectivity index (χ0) is 23.9. The maximum Gasteiger partial charge on any atom is 0.262 e. The molecule has 4 aromatic rings. The number of aromatic nitrogens is 3. The van der Waals surface area contributed by atoms with Crippen molar-refractivity contribution >= 4 is 23.1 Å². The van der Waals surface area contributed by atoms with E-state index in [1.807, 2.05) is 30.5 Å². The first-order valence-corrected chi connectivity index (χ1v) is 10.4. The summed E-state index contributed by atoms with van der Waals surface area (Å²) in [7, 11) is 2.99. The highest BCUT2D eigenvalue weighted by Gasteiger charge is 2.14. The van der Waals surface area contributed by atoms with Crippen LogP contribution in [0.2, 0.25) is 0 Å². The van der Waals surface area contributed by atoms with Crippen molar-refractivity contribution in [2.24, 2.45) is 0 Å². The number of para-hydroxylation sites is 2. The highest BCUT2D eigenvalue weighted by atomic mass is 16.5. The molecular weight excluding hydrogens is 438 g/mol. The molecule has 0 aliphatic heterocycles. The van der Waals surface area contributed by atoms with Crippen molar-refractivity contribution in [3.8, 4) is 17.2 Å². The van der Waals surface area contributed by atoms with E-state index < -0.39 is 0 Å². The second-order valence-corrected chi connectivity index (χ2v) is 7.13. The number of anilines is 1. The van der Waals surface area contributed by atoms with Gasteiger partial charge in [0.15, 0.2) is 29.6 Å². The molecule has 0 saturated carbocycles. The van der Waals surface area contributed by atoms with Gasteiger partial charge in [-0.2, -0.15) is 0 Å². The van der Waals surface area contributed by atoms with E-state index in [1.54, 1.807) is 40.8 Å². The second-order valence-electron chi connectivity index (χ2n) is 7.13. The third-order valence-electron chi connectivity index (χ3n) is 4.96. The van der Waals surface area contributed by atoms with Gasteiger partial charge in [0.05, 0.1) is 26.5 Å². The maximum atomic E-state index is 12.6. The van der Waals surface area contributed by atoms with E-state index >= 15 is 0 Å². The molecule has 0 aliphatic rings. The van der Waals surface area contributed by atoms with Gasteiger partial charge in [0.2, 0.25) is 0 Å². The molecule has 2 heterocycles. The van der Waals surface area contributed by atoms with Crippen LogP contribution in [-0.4, -0.2) is 47.2 Å². The lowest BCUT2D eigenvalue weighted by Gasteiger charge is -2.13. The molecule has 0 unspecified atom stereocenters. The van der Waals surface area contributed by atoms with Crippen LogP contribution in [0.3, 0.4) is 0 Å². The first-order chi connectivity index (χ1) is 16.6. The van der Waals surface area contributed by atoms with Crippen LogP contribution in [0.15, 0.2) is 66.9 Å². The predicted octanol–water partition coefficient (Wildman–Crippen LogP) is 2.69. The van der Waals surface area contributed by atoms with Crippen molar-refractivity contribution in [1.29, 1.82) is 0 Å². The highest BCUT2D eigenvalue weighted by molar-refractivity contribution is 5.95. The van der Waals surface area contributed by atoms with Crippen molar-refractivity contribution in [2.45, 2.75) is 6.54 Å². The first kappa shape index (κ1) is 22.6. The van der Waals surface area contributed by atoms with Crippen LogP contribution >= 0.6 is 0 Å². The van der Waals surface area contributed by atoms with Crippen LogP contribution in [-0.2, 0) is 11.3 Å². The first-order valence-electron chi connectivity index (χ1n) is 10.4. The molecule has 10 heteroatoms. The number of pyridine rings is 1. The molecule has 0 saturated heterocycles. The largest absolute Gasteiger partial charge is 0.495 e. The van der Waals surface area contributed by atoms with E-state index in [-0.39, 0.29) is 25.0 Å². The second kappa shape index (κ2) is 10.3. The Balaban J connectivity index is 1.37. The maximum absolute atomic E-state index is 12.6. The molecule has 2 aromatic carbocycles. The van der Waals surface area contributed by atoms with Crippen LogP contribution < -0.4 is 24.8 Å². The highest BCUT2D eigenvalue weighted by Crippen LogP contribution is 2.28. The Hall–Kier alpha value is -4.60. The van der Waals surface area contributed by atoms with Crippen molar-refractivity contribution < 1.29 is 23.8 Å². The van der Waals surface area contributed by atoms with Crippen molar-refractivity contribution in [3.05, 3.63) is 78.2 Å². The van der Waals surface area contributed by atoms with Gasteiger partial charge in [-0.3, -0.25) is 14.0 Å². The normalized spacial score (nSPS) is 10.5. The molecule has 2 amide bonds. The van der Waals surface area contributed by atoms with Gasteiger partial charge in [-0.15, -0.1) is 10.2 Å². The Morgan fingerprint density at radius 2 is 1.71 bits per heavy atom. The Morgan fingerprint density at radius 3 is 2.53 bits per heavy atom. The van der Waals surface area contributed by atoms with Gasteiger partial charge in [-0.1, -0.05) is 18.2 Å². The number of rotatable bonds is 9. The smallest absolute Gasteiger partial charge is 0.262 e. The van der Waals surface area contributed by atoms with Crippen molar-refractivity contribution in [2.75, 3.05) is 26.1 Å². The lowest BCUT2D eigenvalue weighted by Crippen LogP contribution is -2.24. The minimum Gasteiger partial charge on any atom is -0.495 e. The minimum atomic E-state index is -0.367. The number of methoxy groups -OCH3 is 2. The average Bonchev–Trinajstić information content (AvgIpc) is 3.29. The predicted molar refractivity (Wildman–Crippen MR) is 124 cm³/mol. The monoisotopic (exact) mass is 461 g/mol. The van der Waals surface area contributed by atoms with Gasteiger partial charge in [-0.25, -0.2) is 0 Å². The van der Waals surface area contributed by atoms with Crippen molar-refractivity contribution in [1.82, 2.24) is 19.9 Å². The zero-order valence-electron chi connectivity index (χ0n) is 18.6. The molecule has 174 valence electrons. The zero-order valence-corrected chi connectivity index (χ0v) is 18.6. The van der Waals surface area contributed by atoms with Crippen LogP contribution in [0.25, 0.3) is 5.65 Å². The summed E-state index contributed by atoms with van der Waals surface area (Å²) in [5.41, 5.74) is 1.61. The summed E-state index contributed by atoms with van der Waals surface area (Å²) in [5.74, 6) is 1.13. The number of nitrogens with zero attached hydrogens (tertiary/aromatic N) is 3. The molecule has 2 aromatic heterocycles. The van der Waals surface area contributed by atoms with Crippen molar-refractivity contribution in [3.63, 3.8) is 0 Å². The van der Waals surface area contributed by atoms with Gasteiger partial charge in [0.1, 0.15) is 5.75 Å². The number of fused-ring (bicyclic) bond motifs is 1. The lowest BCUT2D eigenvalue weighted by atomic mass is 10.2. The summed E-state index contributed by atoms with van der Waals surface area (Å²) >= 11 is 0. The summed E-state index contributed by atoms with van der Waals surface area (Å²) in [5, 5.41) is 13.7. The van der Waals surface area contributed by atoms with E-state index in [2.05, 4.69) is 20.8 Å². The number of hydrogen-bond acceptors (Lipinski definition) is 7. The van der Waals surface area contributed by atoms with Gasteiger partial charge in [-0.05, 0) is 42.5 Å². The SMILES string of the molecule is COc1ccccc1NC(=O)COc1ccc(C(=O)NCc2nnc3ccccn23)cc1OC. The van der Waals surface area contributed by atoms with E-state index in [1.165, 1.54) is 14.2 Å². The summed E-state index contributed by atoms with van der Waals surface area (Å²) < 4.78 is 18.0. The van der Waals surface area contributed by atoms with Gasteiger partial charge in [0, 0.05) is 11.8 Å². The van der Waals surface area contributed by atoms with Crippen LogP contribution in [0.5, 0.6) is 17.2 Å².